The van der Waals surface area contributed by atoms with Crippen molar-refractivity contribution in [2.75, 3.05) is 5.73 Å². The number of aromatic nitrogens is 2. The molecule has 1 saturated carbocycles. The van der Waals surface area contributed by atoms with E-state index in [9.17, 15) is 0 Å². The van der Waals surface area contributed by atoms with E-state index >= 15 is 0 Å². The molecule has 0 unspecified atom stereocenters. The van der Waals surface area contributed by atoms with Crippen LogP contribution in [0.2, 0.25) is 0 Å². The highest BCUT2D eigenvalue weighted by molar-refractivity contribution is 5.26. The van der Waals surface area contributed by atoms with Crippen LogP contribution in [0.4, 0.5) is 5.82 Å². The van der Waals surface area contributed by atoms with Crippen molar-refractivity contribution in [1.29, 1.82) is 0 Å². The van der Waals surface area contributed by atoms with E-state index in [4.69, 9.17) is 5.73 Å². The van der Waals surface area contributed by atoms with Crippen molar-refractivity contribution in [2.24, 2.45) is 0 Å². The summed E-state index contributed by atoms with van der Waals surface area (Å²) in [6.07, 6.45) is 5.89. The number of nitrogens with zero attached hydrogens (tertiary/aromatic N) is 2. The monoisotopic (exact) mass is 208 g/mol. The van der Waals surface area contributed by atoms with Gasteiger partial charge in [-0.15, -0.1) is 0 Å². The molecule has 1 heterocycles. The van der Waals surface area contributed by atoms with Crippen molar-refractivity contribution in [3.63, 3.8) is 0 Å². The summed E-state index contributed by atoms with van der Waals surface area (Å²) in [5.41, 5.74) is 5.71. The normalized spacial score (nSPS) is 17.0. The van der Waals surface area contributed by atoms with Gasteiger partial charge < -0.3 is 15.6 Å². The van der Waals surface area contributed by atoms with Gasteiger partial charge >= 0.3 is 0 Å². The molecule has 4 nitrogen and oxygen atoms in total. The molecule has 1 aromatic rings. The van der Waals surface area contributed by atoms with Crippen LogP contribution >= 0.6 is 0 Å². The quantitative estimate of drug-likeness (QED) is 0.791. The Hall–Kier alpha value is -1.03. The van der Waals surface area contributed by atoms with Crippen LogP contribution in [-0.2, 0) is 6.54 Å². The van der Waals surface area contributed by atoms with Gasteiger partial charge in [0.1, 0.15) is 11.6 Å². The second-order valence-electron chi connectivity index (χ2n) is 4.59. The minimum atomic E-state index is 0.424. The summed E-state index contributed by atoms with van der Waals surface area (Å²) in [6, 6.07) is 1.12. The van der Waals surface area contributed by atoms with Gasteiger partial charge in [0.05, 0.1) is 6.54 Å². The smallest absolute Gasteiger partial charge is 0.141 e. The molecule has 4 heteroatoms. The molecule has 0 atom stereocenters. The highest BCUT2D eigenvalue weighted by Gasteiger charge is 2.17. The molecule has 2 rings (SSSR count). The van der Waals surface area contributed by atoms with E-state index in [2.05, 4.69) is 28.7 Å². The van der Waals surface area contributed by atoms with E-state index in [1.165, 1.54) is 19.3 Å². The molecule has 1 aliphatic carbocycles. The summed E-state index contributed by atoms with van der Waals surface area (Å²) in [4.78, 5) is 4.34. The van der Waals surface area contributed by atoms with Crippen LogP contribution in [0.25, 0.3) is 0 Å². The molecule has 3 N–H and O–H groups in total. The molecule has 1 aromatic heterocycles. The SMILES string of the molecule is CC(C)n1cc(N)nc1CNC1CCC1. The first-order valence-electron chi connectivity index (χ1n) is 5.73. The average molecular weight is 208 g/mol. The van der Waals surface area contributed by atoms with Gasteiger partial charge in [-0.2, -0.15) is 0 Å². The predicted octanol–water partition coefficient (Wildman–Crippen LogP) is 1.69. The Kier molecular flexibility index (Phi) is 2.95. The van der Waals surface area contributed by atoms with Gasteiger partial charge in [-0.25, -0.2) is 4.98 Å². The van der Waals surface area contributed by atoms with Gasteiger partial charge in [0.25, 0.3) is 0 Å². The number of hydrogen-bond donors (Lipinski definition) is 2. The fourth-order valence-electron chi connectivity index (χ4n) is 1.88. The Morgan fingerprint density at radius 1 is 1.60 bits per heavy atom. The van der Waals surface area contributed by atoms with Crippen molar-refractivity contribution in [2.45, 2.75) is 51.7 Å². The van der Waals surface area contributed by atoms with E-state index in [1.54, 1.807) is 0 Å². The lowest BCUT2D eigenvalue weighted by Gasteiger charge is -2.26. The van der Waals surface area contributed by atoms with Crippen molar-refractivity contribution in [3.8, 4) is 0 Å². The number of anilines is 1. The number of rotatable bonds is 4. The summed E-state index contributed by atoms with van der Waals surface area (Å²) in [6.45, 7) is 5.13. The minimum Gasteiger partial charge on any atom is -0.382 e. The van der Waals surface area contributed by atoms with Crippen LogP contribution in [0.3, 0.4) is 0 Å². The highest BCUT2D eigenvalue weighted by atomic mass is 15.1. The molecule has 0 spiro atoms. The second-order valence-corrected chi connectivity index (χ2v) is 4.59. The Balaban J connectivity index is 1.98. The van der Waals surface area contributed by atoms with E-state index in [-0.39, 0.29) is 0 Å². The van der Waals surface area contributed by atoms with Gasteiger partial charge in [-0.05, 0) is 26.7 Å². The second kappa shape index (κ2) is 4.23. The lowest BCUT2D eigenvalue weighted by atomic mass is 9.93. The molecule has 0 amide bonds. The minimum absolute atomic E-state index is 0.424. The molecule has 15 heavy (non-hydrogen) atoms. The summed E-state index contributed by atoms with van der Waals surface area (Å²) in [7, 11) is 0. The molecule has 84 valence electrons. The molecule has 1 fully saturated rings. The molecule has 0 bridgehead atoms. The van der Waals surface area contributed by atoms with Crippen LogP contribution in [0.15, 0.2) is 6.20 Å². The first-order valence-corrected chi connectivity index (χ1v) is 5.73. The van der Waals surface area contributed by atoms with Crippen LogP contribution in [0.1, 0.15) is 45.0 Å². The molecular weight excluding hydrogens is 188 g/mol. The third-order valence-corrected chi connectivity index (χ3v) is 3.04. The number of nitrogens with two attached hydrogens (primary N) is 1. The lowest BCUT2D eigenvalue weighted by Crippen LogP contribution is -2.35. The Labute approximate surface area is 90.9 Å². The third-order valence-electron chi connectivity index (χ3n) is 3.04. The maximum Gasteiger partial charge on any atom is 0.141 e. The zero-order chi connectivity index (χ0) is 10.8. The maximum absolute atomic E-state index is 5.71. The van der Waals surface area contributed by atoms with Gasteiger partial charge in [-0.3, -0.25) is 0 Å². The summed E-state index contributed by atoms with van der Waals surface area (Å²) in [5.74, 6) is 1.67. The van der Waals surface area contributed by atoms with Gasteiger partial charge in [0.2, 0.25) is 0 Å². The standard InChI is InChI=1S/C11H20N4/c1-8(2)15-7-10(12)14-11(15)6-13-9-4-3-5-9/h7-9,13H,3-6,12H2,1-2H3. The molecule has 1 aliphatic rings. The molecule has 0 aromatic carbocycles. The van der Waals surface area contributed by atoms with Crippen molar-refractivity contribution < 1.29 is 0 Å². The summed E-state index contributed by atoms with van der Waals surface area (Å²) < 4.78 is 2.14. The fraction of sp³-hybridized carbons (Fsp3) is 0.727. The van der Waals surface area contributed by atoms with Crippen molar-refractivity contribution >= 4 is 5.82 Å². The predicted molar refractivity (Wildman–Crippen MR) is 61.5 cm³/mol. The van der Waals surface area contributed by atoms with Crippen LogP contribution in [-0.4, -0.2) is 15.6 Å². The van der Waals surface area contributed by atoms with Crippen molar-refractivity contribution in [1.82, 2.24) is 14.9 Å². The Morgan fingerprint density at radius 3 is 2.87 bits per heavy atom. The van der Waals surface area contributed by atoms with Gasteiger partial charge in [0, 0.05) is 18.3 Å². The Bertz CT molecular complexity index is 325. The molecule has 0 saturated heterocycles. The van der Waals surface area contributed by atoms with Crippen LogP contribution in [0, 0.1) is 0 Å². The average Bonchev–Trinajstić information content (AvgIpc) is 2.44. The largest absolute Gasteiger partial charge is 0.382 e. The maximum atomic E-state index is 5.71. The Morgan fingerprint density at radius 2 is 2.33 bits per heavy atom. The molecular formula is C11H20N4. The van der Waals surface area contributed by atoms with Crippen LogP contribution in [0.5, 0.6) is 0 Å². The topological polar surface area (TPSA) is 55.9 Å². The van der Waals surface area contributed by atoms with E-state index in [1.807, 2.05) is 6.20 Å². The van der Waals surface area contributed by atoms with E-state index < -0.39 is 0 Å². The van der Waals surface area contributed by atoms with Crippen LogP contribution < -0.4 is 11.1 Å². The number of nitrogen functional groups attached to an aromatic ring is 1. The molecule has 0 aliphatic heterocycles. The number of imidazole rings is 1. The zero-order valence-electron chi connectivity index (χ0n) is 9.53. The van der Waals surface area contributed by atoms with Gasteiger partial charge in [0.15, 0.2) is 0 Å². The zero-order valence-corrected chi connectivity index (χ0v) is 9.53. The first-order chi connectivity index (χ1) is 7.16. The third kappa shape index (κ3) is 2.31. The molecule has 0 radical (unpaired) electrons. The first kappa shape index (κ1) is 10.5. The number of nitrogens with one attached hydrogen (secondary N) is 1. The summed E-state index contributed by atoms with van der Waals surface area (Å²) in [5, 5.41) is 3.51. The fourth-order valence-corrected chi connectivity index (χ4v) is 1.88. The van der Waals surface area contributed by atoms with E-state index in [0.29, 0.717) is 17.9 Å². The lowest BCUT2D eigenvalue weighted by molar-refractivity contribution is 0.332. The van der Waals surface area contributed by atoms with Gasteiger partial charge in [-0.1, -0.05) is 6.42 Å². The summed E-state index contributed by atoms with van der Waals surface area (Å²) >= 11 is 0. The number of hydrogen-bond acceptors (Lipinski definition) is 3. The van der Waals surface area contributed by atoms with E-state index in [0.717, 1.165) is 12.4 Å². The highest BCUT2D eigenvalue weighted by Crippen LogP contribution is 2.19. The van der Waals surface area contributed by atoms with Crippen molar-refractivity contribution in [3.05, 3.63) is 12.0 Å².